The summed E-state index contributed by atoms with van der Waals surface area (Å²) < 4.78 is 0. The molecule has 3 N–H and O–H groups in total. The molecule has 1 unspecified atom stereocenters. The molecule has 2 heterocycles. The lowest BCUT2D eigenvalue weighted by atomic mass is 10.1. The summed E-state index contributed by atoms with van der Waals surface area (Å²) in [5.41, 5.74) is 8.32. The van der Waals surface area contributed by atoms with E-state index in [0.717, 1.165) is 16.6 Å². The summed E-state index contributed by atoms with van der Waals surface area (Å²) in [4.78, 5) is 15.0. The summed E-state index contributed by atoms with van der Waals surface area (Å²) in [5, 5.41) is 18.1. The fraction of sp³-hybridized carbons (Fsp3) is 0.462. The van der Waals surface area contributed by atoms with E-state index >= 15 is 0 Å². The largest absolute Gasteiger partial charge is 0.397 e. The highest BCUT2D eigenvalue weighted by Gasteiger charge is 2.24. The van der Waals surface area contributed by atoms with Crippen LogP contribution in [0.1, 0.15) is 27.9 Å². The molecular weight excluding hydrogens is 276 g/mol. The lowest BCUT2D eigenvalue weighted by Crippen LogP contribution is -2.37. The van der Waals surface area contributed by atoms with E-state index in [0.29, 0.717) is 15.4 Å². The number of aliphatic hydroxyl groups excluding tert-OH is 1. The first-order valence-electron chi connectivity index (χ1n) is 6.28. The Hall–Kier alpha value is -1.73. The summed E-state index contributed by atoms with van der Waals surface area (Å²) in [6, 6.07) is -0.263. The molecule has 7 heteroatoms. The molecule has 0 bridgehead atoms. The zero-order valence-corrected chi connectivity index (χ0v) is 12.8. The van der Waals surface area contributed by atoms with Gasteiger partial charge in [0.15, 0.2) is 0 Å². The molecule has 2 rings (SSSR count). The van der Waals surface area contributed by atoms with Crippen molar-refractivity contribution in [1.29, 1.82) is 0 Å². The number of nitrogens with two attached hydrogens (primary N) is 1. The molecule has 0 spiro atoms. The van der Waals surface area contributed by atoms with Crippen LogP contribution in [0.25, 0.3) is 10.2 Å². The van der Waals surface area contributed by atoms with Crippen LogP contribution >= 0.6 is 11.3 Å². The summed E-state index contributed by atoms with van der Waals surface area (Å²) in [6.45, 7) is 5.46. The third-order valence-corrected chi connectivity index (χ3v) is 4.65. The van der Waals surface area contributed by atoms with E-state index in [1.807, 2.05) is 13.8 Å². The van der Waals surface area contributed by atoms with Gasteiger partial charge < -0.3 is 15.7 Å². The SMILES string of the molecule is Cc1nnc2sc(C(=O)N(C)C(C)CO)c(N)c2c1C. The number of aliphatic hydroxyl groups is 1. The first kappa shape index (κ1) is 14.7. The molecule has 0 fully saturated rings. The van der Waals surface area contributed by atoms with Crippen molar-refractivity contribution in [3.63, 3.8) is 0 Å². The lowest BCUT2D eigenvalue weighted by Gasteiger charge is -2.22. The second-order valence-corrected chi connectivity index (χ2v) is 5.88. The summed E-state index contributed by atoms with van der Waals surface area (Å²) in [7, 11) is 1.65. The summed E-state index contributed by atoms with van der Waals surface area (Å²) in [5.74, 6) is -0.205. The number of carbonyl (C=O) groups is 1. The lowest BCUT2D eigenvalue weighted by molar-refractivity contribution is 0.0688. The Morgan fingerprint density at radius 2 is 2.10 bits per heavy atom. The van der Waals surface area contributed by atoms with Crippen molar-refractivity contribution in [2.75, 3.05) is 19.4 Å². The van der Waals surface area contributed by atoms with E-state index in [2.05, 4.69) is 10.2 Å². The number of likely N-dealkylation sites (N-methyl/N-ethyl adjacent to an activating group) is 1. The van der Waals surface area contributed by atoms with Crippen LogP contribution in [0.15, 0.2) is 0 Å². The molecule has 0 aliphatic heterocycles. The van der Waals surface area contributed by atoms with Crippen molar-refractivity contribution >= 4 is 33.1 Å². The van der Waals surface area contributed by atoms with Crippen LogP contribution in [0.3, 0.4) is 0 Å². The molecule has 6 nitrogen and oxygen atoms in total. The average Bonchev–Trinajstić information content (AvgIpc) is 2.78. The predicted molar refractivity (Wildman–Crippen MR) is 79.9 cm³/mol. The number of nitrogen functional groups attached to an aromatic ring is 1. The van der Waals surface area contributed by atoms with Crippen LogP contribution in [0.2, 0.25) is 0 Å². The molecule has 2 aromatic rings. The van der Waals surface area contributed by atoms with Crippen molar-refractivity contribution in [3.8, 4) is 0 Å². The Bertz CT molecular complexity index is 668. The quantitative estimate of drug-likeness (QED) is 0.891. The van der Waals surface area contributed by atoms with Gasteiger partial charge in [0.2, 0.25) is 0 Å². The van der Waals surface area contributed by atoms with Crippen LogP contribution < -0.4 is 5.73 Å². The van der Waals surface area contributed by atoms with Crippen molar-refractivity contribution < 1.29 is 9.90 Å². The molecular formula is C13H18N4O2S. The number of hydrogen-bond donors (Lipinski definition) is 2. The number of nitrogens with zero attached hydrogens (tertiary/aromatic N) is 3. The van der Waals surface area contributed by atoms with Gasteiger partial charge in [-0.05, 0) is 26.3 Å². The van der Waals surface area contributed by atoms with Crippen LogP contribution in [-0.2, 0) is 0 Å². The zero-order chi connectivity index (χ0) is 15.0. The number of amides is 1. The van der Waals surface area contributed by atoms with Crippen molar-refractivity contribution in [3.05, 3.63) is 16.1 Å². The summed E-state index contributed by atoms with van der Waals surface area (Å²) in [6.07, 6.45) is 0. The average molecular weight is 294 g/mol. The van der Waals surface area contributed by atoms with Gasteiger partial charge in [0.05, 0.1) is 24.0 Å². The molecule has 1 atom stereocenters. The summed E-state index contributed by atoms with van der Waals surface area (Å²) >= 11 is 1.24. The van der Waals surface area contributed by atoms with Crippen molar-refractivity contribution in [2.24, 2.45) is 0 Å². The van der Waals surface area contributed by atoms with Crippen LogP contribution in [0.4, 0.5) is 5.69 Å². The standard InChI is InChI=1S/C13H18N4O2S/c1-6(5-18)17(4)13(19)11-10(14)9-7(2)8(3)15-16-12(9)20-11/h6,18H,5,14H2,1-4H3. The maximum Gasteiger partial charge on any atom is 0.266 e. The number of anilines is 1. The third kappa shape index (κ3) is 2.23. The first-order valence-corrected chi connectivity index (χ1v) is 7.10. The number of hydrogen-bond acceptors (Lipinski definition) is 6. The monoisotopic (exact) mass is 294 g/mol. The van der Waals surface area contributed by atoms with E-state index in [-0.39, 0.29) is 18.6 Å². The number of rotatable bonds is 3. The van der Waals surface area contributed by atoms with Gasteiger partial charge in [-0.1, -0.05) is 0 Å². The topological polar surface area (TPSA) is 92.3 Å². The van der Waals surface area contributed by atoms with Gasteiger partial charge >= 0.3 is 0 Å². The van der Waals surface area contributed by atoms with E-state index < -0.39 is 0 Å². The molecule has 0 aliphatic carbocycles. The fourth-order valence-corrected chi connectivity index (χ4v) is 2.97. The second kappa shape index (κ2) is 5.34. The number of carbonyl (C=O) groups excluding carboxylic acids is 1. The van der Waals surface area contributed by atoms with Gasteiger partial charge in [0.1, 0.15) is 9.71 Å². The maximum absolute atomic E-state index is 12.4. The van der Waals surface area contributed by atoms with Crippen LogP contribution in [-0.4, -0.2) is 45.8 Å². The molecule has 0 saturated heterocycles. The molecule has 20 heavy (non-hydrogen) atoms. The Morgan fingerprint density at radius 1 is 1.45 bits per heavy atom. The highest BCUT2D eigenvalue weighted by molar-refractivity contribution is 7.21. The van der Waals surface area contributed by atoms with E-state index in [4.69, 9.17) is 10.8 Å². The van der Waals surface area contributed by atoms with Crippen LogP contribution in [0, 0.1) is 13.8 Å². The molecule has 0 aliphatic rings. The highest BCUT2D eigenvalue weighted by atomic mass is 32.1. The normalized spacial score (nSPS) is 12.7. The second-order valence-electron chi connectivity index (χ2n) is 4.88. The minimum Gasteiger partial charge on any atom is -0.397 e. The Morgan fingerprint density at radius 3 is 2.70 bits per heavy atom. The van der Waals surface area contributed by atoms with Gasteiger partial charge in [-0.15, -0.1) is 16.4 Å². The number of aryl methyl sites for hydroxylation is 2. The zero-order valence-electron chi connectivity index (χ0n) is 12.0. The Labute approximate surface area is 121 Å². The van der Waals surface area contributed by atoms with Gasteiger partial charge in [-0.25, -0.2) is 0 Å². The van der Waals surface area contributed by atoms with Crippen molar-refractivity contribution in [1.82, 2.24) is 15.1 Å². The maximum atomic E-state index is 12.4. The number of fused-ring (bicyclic) bond motifs is 1. The molecule has 0 radical (unpaired) electrons. The third-order valence-electron chi connectivity index (χ3n) is 3.58. The first-order chi connectivity index (χ1) is 9.38. The highest BCUT2D eigenvalue weighted by Crippen LogP contribution is 2.35. The molecule has 2 aromatic heterocycles. The fourth-order valence-electron chi connectivity index (χ4n) is 1.88. The Balaban J connectivity index is 2.54. The van der Waals surface area contributed by atoms with Gasteiger partial charge in [-0.3, -0.25) is 4.79 Å². The number of thiophene rings is 1. The molecule has 0 aromatic carbocycles. The molecule has 0 saturated carbocycles. The van der Waals surface area contributed by atoms with Gasteiger partial charge in [0.25, 0.3) is 5.91 Å². The minimum atomic E-state index is -0.263. The van der Waals surface area contributed by atoms with Gasteiger partial charge in [-0.2, -0.15) is 5.10 Å². The molecule has 1 amide bonds. The number of aromatic nitrogens is 2. The Kier molecular flexibility index (Phi) is 3.92. The smallest absolute Gasteiger partial charge is 0.266 e. The van der Waals surface area contributed by atoms with Crippen LogP contribution in [0.5, 0.6) is 0 Å². The van der Waals surface area contributed by atoms with Crippen molar-refractivity contribution in [2.45, 2.75) is 26.8 Å². The van der Waals surface area contributed by atoms with E-state index in [9.17, 15) is 4.79 Å². The predicted octanol–water partition coefficient (Wildman–Crippen LogP) is 1.34. The van der Waals surface area contributed by atoms with E-state index in [1.165, 1.54) is 16.2 Å². The minimum absolute atomic E-state index is 0.0923. The van der Waals surface area contributed by atoms with Gasteiger partial charge in [0, 0.05) is 12.4 Å². The van der Waals surface area contributed by atoms with E-state index in [1.54, 1.807) is 14.0 Å². The molecule has 108 valence electrons.